The lowest BCUT2D eigenvalue weighted by Crippen LogP contribution is -2.36. The number of hydrogen-bond acceptors (Lipinski definition) is 5. The van der Waals surface area contributed by atoms with Gasteiger partial charge in [-0.15, -0.1) is 0 Å². The van der Waals surface area contributed by atoms with Crippen molar-refractivity contribution < 1.29 is 31.4 Å². The van der Waals surface area contributed by atoms with E-state index in [1.807, 2.05) is 0 Å². The molecule has 0 radical (unpaired) electrons. The van der Waals surface area contributed by atoms with E-state index in [1.54, 1.807) is 0 Å². The van der Waals surface area contributed by atoms with Gasteiger partial charge in [0, 0.05) is 6.42 Å². The Morgan fingerprint density at radius 3 is 2.00 bits per heavy atom. The number of rotatable bonds is 3. The predicted octanol–water partition coefficient (Wildman–Crippen LogP) is -0.0279. The van der Waals surface area contributed by atoms with Gasteiger partial charge < -0.3 is 10.5 Å². The molecule has 0 aromatic carbocycles. The predicted molar refractivity (Wildman–Crippen MR) is 54.0 cm³/mol. The van der Waals surface area contributed by atoms with E-state index in [4.69, 9.17) is 23.3 Å². The molecule has 0 aromatic rings. The highest BCUT2D eigenvalue weighted by Gasteiger charge is 2.24. The zero-order chi connectivity index (χ0) is 13.6. The van der Waals surface area contributed by atoms with E-state index in [2.05, 4.69) is 4.74 Å². The maximum Gasteiger partial charge on any atom is 0.394 e. The number of carbonyl (C=O) groups is 1. The zero-order valence-electron chi connectivity index (χ0n) is 9.18. The molecule has 0 aliphatic rings. The van der Waals surface area contributed by atoms with Crippen LogP contribution in [-0.4, -0.2) is 42.3 Å². The summed E-state index contributed by atoms with van der Waals surface area (Å²) < 4.78 is 48.8. The average molecular weight is 261 g/mol. The fourth-order valence-corrected chi connectivity index (χ4v) is 0.758. The molecule has 0 aliphatic carbocycles. The van der Waals surface area contributed by atoms with Crippen LogP contribution in [0.15, 0.2) is 0 Å². The van der Waals surface area contributed by atoms with E-state index in [0.717, 1.165) is 0 Å². The van der Waals surface area contributed by atoms with Crippen molar-refractivity contribution in [3.63, 3.8) is 0 Å². The van der Waals surface area contributed by atoms with Crippen molar-refractivity contribution in [3.8, 4) is 0 Å². The van der Waals surface area contributed by atoms with Gasteiger partial charge >= 0.3 is 16.4 Å². The second-order valence-electron chi connectivity index (χ2n) is 3.50. The molecule has 0 bridgehead atoms. The largest absolute Gasteiger partial charge is 0.468 e. The summed E-state index contributed by atoms with van der Waals surface area (Å²) in [6, 6.07) is -0.861. The second-order valence-corrected chi connectivity index (χ2v) is 4.40. The first-order valence-corrected chi connectivity index (χ1v) is 5.48. The van der Waals surface area contributed by atoms with E-state index in [1.165, 1.54) is 21.0 Å². The molecule has 0 amide bonds. The summed E-state index contributed by atoms with van der Waals surface area (Å²) in [7, 11) is -3.44. The van der Waals surface area contributed by atoms with E-state index < -0.39 is 28.1 Å². The van der Waals surface area contributed by atoms with Crippen LogP contribution in [0.4, 0.5) is 4.39 Å². The molecule has 16 heavy (non-hydrogen) atoms. The molecule has 98 valence electrons. The second kappa shape index (κ2) is 6.74. The fraction of sp³-hybridized carbons (Fsp3) is 0.857. The van der Waals surface area contributed by atoms with Crippen molar-refractivity contribution in [1.82, 2.24) is 0 Å². The summed E-state index contributed by atoms with van der Waals surface area (Å²) in [6.07, 6.45) is -0.0142. The molecule has 0 saturated carbocycles. The van der Waals surface area contributed by atoms with E-state index in [-0.39, 0.29) is 6.42 Å². The van der Waals surface area contributed by atoms with Gasteiger partial charge in [0.05, 0.1) is 7.11 Å². The van der Waals surface area contributed by atoms with Gasteiger partial charge in [0.25, 0.3) is 0 Å². The first-order chi connectivity index (χ1) is 6.87. The standard InChI is InChI=1S/C7H14FNO2.H2O4S/c1-7(2,8)4-5(9)6(10)11-3;1-5(2,3)4/h5H,4,9H2,1-3H3;(H2,1,2,3,4)/t5-;/m0./s1. The van der Waals surface area contributed by atoms with Crippen LogP contribution >= 0.6 is 0 Å². The van der Waals surface area contributed by atoms with Gasteiger partial charge in [0.1, 0.15) is 11.7 Å². The summed E-state index contributed by atoms with van der Waals surface area (Å²) in [5, 5.41) is 0. The number of carbonyl (C=O) groups excluding carboxylic acids is 1. The van der Waals surface area contributed by atoms with Crippen molar-refractivity contribution in [2.24, 2.45) is 5.73 Å². The molecule has 1 atom stereocenters. The lowest BCUT2D eigenvalue weighted by atomic mass is 10.0. The maximum atomic E-state index is 12.8. The van der Waals surface area contributed by atoms with Crippen LogP contribution < -0.4 is 5.73 Å². The minimum atomic E-state index is -4.67. The average Bonchev–Trinajstić information content (AvgIpc) is 1.96. The lowest BCUT2D eigenvalue weighted by Gasteiger charge is -2.17. The lowest BCUT2D eigenvalue weighted by molar-refractivity contribution is -0.143. The van der Waals surface area contributed by atoms with Crippen molar-refractivity contribution in [3.05, 3.63) is 0 Å². The molecule has 0 unspecified atom stereocenters. The van der Waals surface area contributed by atoms with Gasteiger partial charge in [-0.25, -0.2) is 4.39 Å². The monoisotopic (exact) mass is 261 g/mol. The fourth-order valence-electron chi connectivity index (χ4n) is 0.758. The Hall–Kier alpha value is -0.770. The van der Waals surface area contributed by atoms with Crippen molar-refractivity contribution in [1.29, 1.82) is 0 Å². The van der Waals surface area contributed by atoms with Crippen molar-refractivity contribution in [2.45, 2.75) is 32.0 Å². The summed E-state index contributed by atoms with van der Waals surface area (Å²) >= 11 is 0. The SMILES string of the molecule is COC(=O)[C@@H](N)CC(C)(C)F.O=S(=O)(O)O. The van der Waals surface area contributed by atoms with Crippen LogP contribution in [0.1, 0.15) is 20.3 Å². The summed E-state index contributed by atoms with van der Waals surface area (Å²) in [4.78, 5) is 10.7. The molecule has 0 fully saturated rings. The zero-order valence-corrected chi connectivity index (χ0v) is 9.99. The molecule has 0 aliphatic heterocycles. The van der Waals surface area contributed by atoms with Gasteiger partial charge in [-0.05, 0) is 13.8 Å². The van der Waals surface area contributed by atoms with E-state index in [9.17, 15) is 9.18 Å². The first kappa shape index (κ1) is 17.6. The summed E-state index contributed by atoms with van der Waals surface area (Å²) in [5.41, 5.74) is 3.88. The Morgan fingerprint density at radius 2 is 1.81 bits per heavy atom. The molecule has 0 aromatic heterocycles. The van der Waals surface area contributed by atoms with Gasteiger partial charge in [-0.2, -0.15) is 8.42 Å². The number of nitrogens with two attached hydrogens (primary N) is 1. The van der Waals surface area contributed by atoms with Gasteiger partial charge in [-0.1, -0.05) is 0 Å². The van der Waals surface area contributed by atoms with E-state index >= 15 is 0 Å². The Morgan fingerprint density at radius 1 is 1.50 bits per heavy atom. The minimum Gasteiger partial charge on any atom is -0.468 e. The molecule has 0 saturated heterocycles. The Balaban J connectivity index is 0. The highest BCUT2D eigenvalue weighted by molar-refractivity contribution is 7.79. The molecule has 4 N–H and O–H groups in total. The number of methoxy groups -OCH3 is 1. The van der Waals surface area contributed by atoms with Gasteiger partial charge in [-0.3, -0.25) is 13.9 Å². The molecule has 0 rings (SSSR count). The molecule has 0 spiro atoms. The van der Waals surface area contributed by atoms with Crippen LogP contribution in [0, 0.1) is 0 Å². The maximum absolute atomic E-state index is 12.8. The quantitative estimate of drug-likeness (QED) is 0.481. The van der Waals surface area contributed by atoms with Gasteiger partial charge in [0.15, 0.2) is 0 Å². The van der Waals surface area contributed by atoms with Gasteiger partial charge in [0.2, 0.25) is 0 Å². The molecule has 9 heteroatoms. The third kappa shape index (κ3) is 18.9. The Labute approximate surface area is 93.3 Å². The Bertz CT molecular complexity index is 301. The number of esters is 1. The molecule has 7 nitrogen and oxygen atoms in total. The number of ether oxygens (including phenoxy) is 1. The minimum absolute atomic E-state index is 0.0142. The third-order valence-electron chi connectivity index (χ3n) is 1.21. The summed E-state index contributed by atoms with van der Waals surface area (Å²) in [6.45, 7) is 2.74. The molecular formula is C7H16FNO6S. The number of hydrogen-bond donors (Lipinski definition) is 3. The van der Waals surface area contributed by atoms with Crippen LogP contribution in [0.5, 0.6) is 0 Å². The van der Waals surface area contributed by atoms with Crippen molar-refractivity contribution in [2.75, 3.05) is 7.11 Å². The third-order valence-corrected chi connectivity index (χ3v) is 1.21. The number of alkyl halides is 1. The molecule has 0 heterocycles. The van der Waals surface area contributed by atoms with Crippen molar-refractivity contribution >= 4 is 16.4 Å². The van der Waals surface area contributed by atoms with E-state index in [0.29, 0.717) is 0 Å². The smallest absolute Gasteiger partial charge is 0.394 e. The van der Waals surface area contributed by atoms with Crippen LogP contribution in [0.25, 0.3) is 0 Å². The highest BCUT2D eigenvalue weighted by atomic mass is 32.3. The Kier molecular flexibility index (Phi) is 7.42. The molecular weight excluding hydrogens is 245 g/mol. The van der Waals surface area contributed by atoms with Crippen LogP contribution in [0.2, 0.25) is 0 Å². The topological polar surface area (TPSA) is 127 Å². The van der Waals surface area contributed by atoms with Crippen LogP contribution in [-0.2, 0) is 19.9 Å². The highest BCUT2D eigenvalue weighted by Crippen LogP contribution is 2.15. The summed E-state index contributed by atoms with van der Waals surface area (Å²) in [5.74, 6) is -0.573. The normalized spacial score (nSPS) is 13.4. The van der Waals surface area contributed by atoms with Crippen LogP contribution in [0.3, 0.4) is 0 Å². The first-order valence-electron chi connectivity index (χ1n) is 4.09. The number of halogens is 1.